The van der Waals surface area contributed by atoms with Crippen molar-refractivity contribution in [3.05, 3.63) is 29.8 Å². The molecule has 0 N–H and O–H groups in total. The third-order valence-electron chi connectivity index (χ3n) is 2.81. The van der Waals surface area contributed by atoms with E-state index in [1.54, 1.807) is 7.11 Å². The number of hydrogen-bond donors (Lipinski definition) is 0. The minimum Gasteiger partial charge on any atom is -0.375 e. The SMILES string of the molecule is COC1(c2ccc(SC(C)C)cc2)COC1. The van der Waals surface area contributed by atoms with Gasteiger partial charge in [-0.1, -0.05) is 26.0 Å². The number of thioether (sulfide) groups is 1. The van der Waals surface area contributed by atoms with Crippen molar-refractivity contribution in [1.82, 2.24) is 0 Å². The van der Waals surface area contributed by atoms with Crippen molar-refractivity contribution in [3.63, 3.8) is 0 Å². The van der Waals surface area contributed by atoms with Crippen LogP contribution in [0.1, 0.15) is 19.4 Å². The summed E-state index contributed by atoms with van der Waals surface area (Å²) in [6.07, 6.45) is 0. The molecule has 1 heterocycles. The van der Waals surface area contributed by atoms with Gasteiger partial charge in [-0.25, -0.2) is 0 Å². The van der Waals surface area contributed by atoms with Crippen molar-refractivity contribution < 1.29 is 9.47 Å². The van der Waals surface area contributed by atoms with Crippen LogP contribution in [-0.2, 0) is 15.1 Å². The fourth-order valence-electron chi connectivity index (χ4n) is 1.80. The Morgan fingerprint density at radius 2 is 1.88 bits per heavy atom. The second-order valence-electron chi connectivity index (χ2n) is 4.38. The Morgan fingerprint density at radius 1 is 1.25 bits per heavy atom. The maximum absolute atomic E-state index is 5.55. The van der Waals surface area contributed by atoms with Crippen LogP contribution in [0, 0.1) is 0 Å². The Labute approximate surface area is 101 Å². The van der Waals surface area contributed by atoms with Gasteiger partial charge in [-0.2, -0.15) is 0 Å². The van der Waals surface area contributed by atoms with Crippen LogP contribution in [0.25, 0.3) is 0 Å². The van der Waals surface area contributed by atoms with Gasteiger partial charge in [-0.15, -0.1) is 11.8 Å². The first kappa shape index (κ1) is 12.0. The summed E-state index contributed by atoms with van der Waals surface area (Å²) in [7, 11) is 1.75. The Balaban J connectivity index is 2.12. The molecule has 3 heteroatoms. The summed E-state index contributed by atoms with van der Waals surface area (Å²) < 4.78 is 10.8. The van der Waals surface area contributed by atoms with Crippen LogP contribution in [-0.4, -0.2) is 25.6 Å². The van der Waals surface area contributed by atoms with E-state index in [0.29, 0.717) is 18.5 Å². The Kier molecular flexibility index (Phi) is 3.57. The highest BCUT2D eigenvalue weighted by Gasteiger charge is 2.40. The zero-order valence-corrected chi connectivity index (χ0v) is 10.8. The average molecular weight is 238 g/mol. The van der Waals surface area contributed by atoms with Gasteiger partial charge in [0.15, 0.2) is 0 Å². The smallest absolute Gasteiger partial charge is 0.139 e. The Hall–Kier alpha value is -0.510. The maximum atomic E-state index is 5.55. The topological polar surface area (TPSA) is 18.5 Å². The fraction of sp³-hybridized carbons (Fsp3) is 0.538. The molecule has 0 unspecified atom stereocenters. The van der Waals surface area contributed by atoms with Gasteiger partial charge in [0.1, 0.15) is 5.60 Å². The largest absolute Gasteiger partial charge is 0.375 e. The zero-order valence-electron chi connectivity index (χ0n) is 10.0. The lowest BCUT2D eigenvalue weighted by Crippen LogP contribution is -2.48. The highest BCUT2D eigenvalue weighted by molar-refractivity contribution is 7.99. The molecule has 0 atom stereocenters. The highest BCUT2D eigenvalue weighted by Crippen LogP contribution is 2.34. The van der Waals surface area contributed by atoms with Gasteiger partial charge in [-0.3, -0.25) is 0 Å². The van der Waals surface area contributed by atoms with Crippen molar-refractivity contribution in [2.24, 2.45) is 0 Å². The van der Waals surface area contributed by atoms with Gasteiger partial charge < -0.3 is 9.47 Å². The lowest BCUT2D eigenvalue weighted by Gasteiger charge is -2.40. The van der Waals surface area contributed by atoms with E-state index in [2.05, 4.69) is 38.1 Å². The highest BCUT2D eigenvalue weighted by atomic mass is 32.2. The zero-order chi connectivity index (χ0) is 11.6. The second kappa shape index (κ2) is 4.78. The first-order valence-corrected chi connectivity index (χ1v) is 6.44. The van der Waals surface area contributed by atoms with Crippen molar-refractivity contribution in [3.8, 4) is 0 Å². The molecule has 0 bridgehead atoms. The molecule has 0 saturated carbocycles. The fourth-order valence-corrected chi connectivity index (χ4v) is 2.64. The van der Waals surface area contributed by atoms with Gasteiger partial charge in [0.2, 0.25) is 0 Å². The van der Waals surface area contributed by atoms with Crippen LogP contribution >= 0.6 is 11.8 Å². The van der Waals surface area contributed by atoms with Crippen LogP contribution in [0.3, 0.4) is 0 Å². The molecule has 0 amide bonds. The molecule has 1 aliphatic heterocycles. The first-order chi connectivity index (χ1) is 7.66. The standard InChI is InChI=1S/C13H18O2S/c1-10(2)16-12-6-4-11(5-7-12)13(14-3)8-15-9-13/h4-7,10H,8-9H2,1-3H3. The third-order valence-corrected chi connectivity index (χ3v) is 3.83. The summed E-state index contributed by atoms with van der Waals surface area (Å²) in [5.41, 5.74) is 1.02. The van der Waals surface area contributed by atoms with Crippen LogP contribution in [0.15, 0.2) is 29.2 Å². The van der Waals surface area contributed by atoms with Crippen LogP contribution in [0.5, 0.6) is 0 Å². The molecule has 2 rings (SSSR count). The summed E-state index contributed by atoms with van der Waals surface area (Å²) in [4.78, 5) is 1.31. The molecule has 1 aromatic rings. The summed E-state index contributed by atoms with van der Waals surface area (Å²) in [5, 5.41) is 0.620. The van der Waals surface area contributed by atoms with Crippen LogP contribution in [0.2, 0.25) is 0 Å². The number of hydrogen-bond acceptors (Lipinski definition) is 3. The predicted molar refractivity (Wildman–Crippen MR) is 66.9 cm³/mol. The van der Waals surface area contributed by atoms with Crippen LogP contribution < -0.4 is 0 Å². The van der Waals surface area contributed by atoms with Gasteiger partial charge in [0, 0.05) is 17.3 Å². The van der Waals surface area contributed by atoms with Crippen molar-refractivity contribution in [1.29, 1.82) is 0 Å². The predicted octanol–water partition coefficient (Wildman–Crippen LogP) is 3.06. The van der Waals surface area contributed by atoms with E-state index in [1.807, 2.05) is 11.8 Å². The summed E-state index contributed by atoms with van der Waals surface area (Å²) in [5.74, 6) is 0. The molecule has 0 aromatic heterocycles. The van der Waals surface area contributed by atoms with Gasteiger partial charge in [-0.05, 0) is 17.7 Å². The molecular weight excluding hydrogens is 220 g/mol. The van der Waals surface area contributed by atoms with E-state index in [0.717, 1.165) is 0 Å². The molecule has 16 heavy (non-hydrogen) atoms. The van der Waals surface area contributed by atoms with Gasteiger partial charge in [0.25, 0.3) is 0 Å². The molecule has 1 fully saturated rings. The monoisotopic (exact) mass is 238 g/mol. The van der Waals surface area contributed by atoms with Gasteiger partial charge >= 0.3 is 0 Å². The number of methoxy groups -OCH3 is 1. The maximum Gasteiger partial charge on any atom is 0.139 e. The molecule has 1 aromatic carbocycles. The van der Waals surface area contributed by atoms with Crippen LogP contribution in [0.4, 0.5) is 0 Å². The number of rotatable bonds is 4. The molecular formula is C13H18O2S. The van der Waals surface area contributed by atoms with E-state index in [1.165, 1.54) is 10.5 Å². The average Bonchev–Trinajstić information content (AvgIpc) is 2.19. The van der Waals surface area contributed by atoms with Crippen molar-refractivity contribution >= 4 is 11.8 Å². The van der Waals surface area contributed by atoms with E-state index >= 15 is 0 Å². The Bertz CT molecular complexity index is 336. The summed E-state index contributed by atoms with van der Waals surface area (Å²) in [6.45, 7) is 5.74. The number of benzene rings is 1. The van der Waals surface area contributed by atoms with Crippen molar-refractivity contribution in [2.45, 2.75) is 29.6 Å². The second-order valence-corrected chi connectivity index (χ2v) is 6.03. The van der Waals surface area contributed by atoms with E-state index < -0.39 is 0 Å². The lowest BCUT2D eigenvalue weighted by molar-refractivity contribution is -0.202. The lowest BCUT2D eigenvalue weighted by atomic mass is 9.92. The minimum atomic E-state index is -0.193. The molecule has 0 radical (unpaired) electrons. The molecule has 88 valence electrons. The molecule has 1 saturated heterocycles. The molecule has 0 spiro atoms. The Morgan fingerprint density at radius 3 is 2.25 bits per heavy atom. The normalized spacial score (nSPS) is 18.5. The van der Waals surface area contributed by atoms with E-state index in [-0.39, 0.29) is 5.60 Å². The van der Waals surface area contributed by atoms with E-state index in [4.69, 9.17) is 9.47 Å². The number of ether oxygens (including phenoxy) is 2. The van der Waals surface area contributed by atoms with Gasteiger partial charge in [0.05, 0.1) is 13.2 Å². The molecule has 1 aliphatic rings. The quantitative estimate of drug-likeness (QED) is 0.751. The van der Waals surface area contributed by atoms with Crippen molar-refractivity contribution in [2.75, 3.05) is 20.3 Å². The van der Waals surface area contributed by atoms with E-state index in [9.17, 15) is 0 Å². The molecule has 0 aliphatic carbocycles. The minimum absolute atomic E-state index is 0.193. The molecule has 2 nitrogen and oxygen atoms in total. The summed E-state index contributed by atoms with van der Waals surface area (Å²) >= 11 is 1.88. The summed E-state index contributed by atoms with van der Waals surface area (Å²) in [6, 6.07) is 8.63. The first-order valence-electron chi connectivity index (χ1n) is 5.56. The third kappa shape index (κ3) is 2.26.